The number of nitrogens with zero attached hydrogens (tertiary/aromatic N) is 1. The van der Waals surface area contributed by atoms with Crippen molar-refractivity contribution in [1.82, 2.24) is 5.43 Å². The first-order valence-electron chi connectivity index (χ1n) is 4.46. The Labute approximate surface area is 92.3 Å². The van der Waals surface area contributed by atoms with Gasteiger partial charge in [-0.15, -0.1) is 0 Å². The number of rotatable bonds is 1. The zero-order chi connectivity index (χ0) is 10.8. The van der Waals surface area contributed by atoms with Crippen LogP contribution in [0.25, 0.3) is 0 Å². The highest BCUT2D eigenvalue weighted by molar-refractivity contribution is 6.32. The molecule has 1 aliphatic rings. The Bertz CT molecular complexity index is 416. The number of benzene rings is 1. The number of halogens is 1. The second-order valence-electron chi connectivity index (χ2n) is 3.18. The van der Waals surface area contributed by atoms with Crippen LogP contribution in [0.2, 0.25) is 0 Å². The van der Waals surface area contributed by atoms with Crippen LogP contribution in [0.5, 0.6) is 0 Å². The Hall–Kier alpha value is -1.68. The van der Waals surface area contributed by atoms with Gasteiger partial charge < -0.3 is 5.73 Å². The Morgan fingerprint density at radius 2 is 2.00 bits per heavy atom. The molecule has 5 heteroatoms. The molecule has 0 saturated carbocycles. The van der Waals surface area contributed by atoms with Gasteiger partial charge in [0.2, 0.25) is 0 Å². The fourth-order valence-corrected chi connectivity index (χ4v) is 1.54. The van der Waals surface area contributed by atoms with E-state index in [1.54, 1.807) is 5.01 Å². The van der Waals surface area contributed by atoms with Crippen LogP contribution in [0, 0.1) is 0 Å². The fourth-order valence-electron chi connectivity index (χ4n) is 1.33. The summed E-state index contributed by atoms with van der Waals surface area (Å²) in [6.07, 6.45) is 0. The standard InChI is InChI=1S/C10H10ClN3O/c11-8-6-14(13-10(15)9(8)12)7-4-2-1-3-5-7/h1-5H,6,12H2,(H,13,15). The van der Waals surface area contributed by atoms with Crippen LogP contribution in [-0.2, 0) is 4.79 Å². The Morgan fingerprint density at radius 1 is 1.33 bits per heavy atom. The molecule has 0 spiro atoms. The van der Waals surface area contributed by atoms with Gasteiger partial charge in [0.05, 0.1) is 17.3 Å². The van der Waals surface area contributed by atoms with Gasteiger partial charge in [-0.3, -0.25) is 15.2 Å². The molecule has 1 amide bonds. The van der Waals surface area contributed by atoms with Crippen molar-refractivity contribution in [3.8, 4) is 0 Å². The van der Waals surface area contributed by atoms with Gasteiger partial charge in [0.1, 0.15) is 5.70 Å². The molecule has 0 saturated heterocycles. The maximum absolute atomic E-state index is 11.4. The second-order valence-corrected chi connectivity index (χ2v) is 3.64. The Kier molecular flexibility index (Phi) is 2.51. The molecule has 15 heavy (non-hydrogen) atoms. The normalized spacial score (nSPS) is 16.6. The maximum Gasteiger partial charge on any atom is 0.286 e. The topological polar surface area (TPSA) is 58.4 Å². The number of carbonyl (C=O) groups is 1. The van der Waals surface area contributed by atoms with Crippen molar-refractivity contribution < 1.29 is 4.79 Å². The van der Waals surface area contributed by atoms with Crippen molar-refractivity contribution in [3.63, 3.8) is 0 Å². The van der Waals surface area contributed by atoms with Crippen LogP contribution in [0.15, 0.2) is 41.1 Å². The Balaban J connectivity index is 2.26. The summed E-state index contributed by atoms with van der Waals surface area (Å²) in [5.74, 6) is -0.366. The number of hydrazine groups is 1. The van der Waals surface area contributed by atoms with Gasteiger partial charge in [0, 0.05) is 0 Å². The lowest BCUT2D eigenvalue weighted by Gasteiger charge is -2.29. The molecule has 1 heterocycles. The van der Waals surface area contributed by atoms with Gasteiger partial charge in [-0.25, -0.2) is 0 Å². The summed E-state index contributed by atoms with van der Waals surface area (Å²) in [6.45, 7) is 0.392. The summed E-state index contributed by atoms with van der Waals surface area (Å²) < 4.78 is 0. The zero-order valence-corrected chi connectivity index (χ0v) is 8.66. The van der Waals surface area contributed by atoms with Crippen LogP contribution < -0.4 is 16.2 Å². The molecule has 0 bridgehead atoms. The van der Waals surface area contributed by atoms with Crippen molar-refractivity contribution in [3.05, 3.63) is 41.1 Å². The third-order valence-corrected chi connectivity index (χ3v) is 2.46. The molecule has 4 nitrogen and oxygen atoms in total. The van der Waals surface area contributed by atoms with Gasteiger partial charge in [-0.1, -0.05) is 29.8 Å². The average molecular weight is 224 g/mol. The minimum Gasteiger partial charge on any atom is -0.393 e. The van der Waals surface area contributed by atoms with E-state index in [4.69, 9.17) is 17.3 Å². The van der Waals surface area contributed by atoms with Crippen LogP contribution in [0.3, 0.4) is 0 Å². The molecule has 78 valence electrons. The molecular weight excluding hydrogens is 214 g/mol. The molecule has 0 radical (unpaired) electrons. The van der Waals surface area contributed by atoms with Crippen LogP contribution in [0.4, 0.5) is 5.69 Å². The summed E-state index contributed by atoms with van der Waals surface area (Å²) >= 11 is 5.86. The predicted octanol–water partition coefficient (Wildman–Crippen LogP) is 0.947. The minimum absolute atomic E-state index is 0.0869. The number of nitrogens with one attached hydrogen (secondary N) is 1. The van der Waals surface area contributed by atoms with E-state index < -0.39 is 0 Å². The molecule has 0 aliphatic carbocycles. The van der Waals surface area contributed by atoms with Crippen molar-refractivity contribution in [2.75, 3.05) is 11.6 Å². The van der Waals surface area contributed by atoms with Crippen molar-refractivity contribution in [1.29, 1.82) is 0 Å². The number of para-hydroxylation sites is 1. The van der Waals surface area contributed by atoms with E-state index in [1.165, 1.54) is 0 Å². The SMILES string of the molecule is NC1=C(Cl)CN(c2ccccc2)NC1=O. The fraction of sp³-hybridized carbons (Fsp3) is 0.100. The van der Waals surface area contributed by atoms with E-state index in [0.717, 1.165) is 5.69 Å². The van der Waals surface area contributed by atoms with Gasteiger partial charge >= 0.3 is 0 Å². The minimum atomic E-state index is -0.366. The monoisotopic (exact) mass is 223 g/mol. The van der Waals surface area contributed by atoms with Gasteiger partial charge in [-0.2, -0.15) is 0 Å². The van der Waals surface area contributed by atoms with Crippen molar-refractivity contribution >= 4 is 23.2 Å². The molecule has 3 N–H and O–H groups in total. The highest BCUT2D eigenvalue weighted by Crippen LogP contribution is 2.18. The first-order valence-corrected chi connectivity index (χ1v) is 4.84. The predicted molar refractivity (Wildman–Crippen MR) is 59.0 cm³/mol. The molecular formula is C10H10ClN3O. The highest BCUT2D eigenvalue weighted by atomic mass is 35.5. The van der Waals surface area contributed by atoms with Gasteiger partial charge in [0.25, 0.3) is 5.91 Å². The van der Waals surface area contributed by atoms with E-state index >= 15 is 0 Å². The van der Waals surface area contributed by atoms with E-state index in [0.29, 0.717) is 11.6 Å². The van der Waals surface area contributed by atoms with Crippen LogP contribution in [0.1, 0.15) is 0 Å². The van der Waals surface area contributed by atoms with E-state index in [2.05, 4.69) is 5.43 Å². The maximum atomic E-state index is 11.4. The summed E-state index contributed by atoms with van der Waals surface area (Å²) in [5.41, 5.74) is 9.07. The quantitative estimate of drug-likeness (QED) is 0.745. The van der Waals surface area contributed by atoms with Crippen LogP contribution >= 0.6 is 11.6 Å². The van der Waals surface area contributed by atoms with E-state index in [-0.39, 0.29) is 11.6 Å². The lowest BCUT2D eigenvalue weighted by Crippen LogP contribution is -2.49. The Morgan fingerprint density at radius 3 is 2.60 bits per heavy atom. The molecule has 0 fully saturated rings. The third-order valence-electron chi connectivity index (χ3n) is 2.14. The highest BCUT2D eigenvalue weighted by Gasteiger charge is 2.22. The van der Waals surface area contributed by atoms with E-state index in [9.17, 15) is 4.79 Å². The number of amides is 1. The largest absolute Gasteiger partial charge is 0.393 e. The second kappa shape index (κ2) is 3.82. The first kappa shape index (κ1) is 9.86. The van der Waals surface area contributed by atoms with Gasteiger partial charge in [-0.05, 0) is 12.1 Å². The molecule has 1 aromatic carbocycles. The van der Waals surface area contributed by atoms with Crippen molar-refractivity contribution in [2.24, 2.45) is 5.73 Å². The van der Waals surface area contributed by atoms with Crippen LogP contribution in [-0.4, -0.2) is 12.5 Å². The van der Waals surface area contributed by atoms with Gasteiger partial charge in [0.15, 0.2) is 0 Å². The summed E-state index contributed by atoms with van der Waals surface area (Å²) in [7, 11) is 0. The molecule has 2 rings (SSSR count). The van der Waals surface area contributed by atoms with E-state index in [1.807, 2.05) is 30.3 Å². The first-order chi connectivity index (χ1) is 7.18. The average Bonchev–Trinajstić information content (AvgIpc) is 2.26. The molecule has 0 aromatic heterocycles. The summed E-state index contributed by atoms with van der Waals surface area (Å²) in [5, 5.41) is 2.02. The lowest BCUT2D eigenvalue weighted by atomic mass is 10.2. The number of anilines is 1. The third kappa shape index (κ3) is 1.89. The smallest absolute Gasteiger partial charge is 0.286 e. The number of nitrogens with two attached hydrogens (primary N) is 1. The number of hydrogen-bond acceptors (Lipinski definition) is 3. The lowest BCUT2D eigenvalue weighted by molar-refractivity contribution is -0.118. The number of hydrogen-bond donors (Lipinski definition) is 2. The molecule has 0 unspecified atom stereocenters. The summed E-state index contributed by atoms with van der Waals surface area (Å²) in [4.78, 5) is 11.4. The molecule has 0 atom stereocenters. The molecule has 1 aromatic rings. The molecule has 1 aliphatic heterocycles. The number of carbonyl (C=O) groups excluding carboxylic acids is 1. The zero-order valence-electron chi connectivity index (χ0n) is 7.90. The summed E-state index contributed by atoms with van der Waals surface area (Å²) in [6, 6.07) is 9.44. The van der Waals surface area contributed by atoms with Crippen molar-refractivity contribution in [2.45, 2.75) is 0 Å².